The molecule has 0 bridgehead atoms. The molecule has 0 unspecified atom stereocenters. The zero-order valence-corrected chi connectivity index (χ0v) is 21.3. The van der Waals surface area contributed by atoms with Gasteiger partial charge in [-0.15, -0.1) is 0 Å². The Morgan fingerprint density at radius 3 is 2.16 bits per heavy atom. The molecule has 3 nitrogen and oxygen atoms in total. The first kappa shape index (κ1) is 22.4. The van der Waals surface area contributed by atoms with Crippen LogP contribution < -0.4 is 4.74 Å². The Hall–Kier alpha value is -4.76. The molecule has 0 N–H and O–H groups in total. The highest BCUT2D eigenvalue weighted by molar-refractivity contribution is 5.93. The number of ether oxygens (including phenoxy) is 1. The topological polar surface area (TPSA) is 35.0 Å². The van der Waals surface area contributed by atoms with Crippen LogP contribution in [-0.2, 0) is 5.41 Å². The fourth-order valence-electron chi connectivity index (χ4n) is 5.54. The van der Waals surface area contributed by atoms with Gasteiger partial charge in [0.1, 0.15) is 11.5 Å². The average Bonchev–Trinajstić information content (AvgIpc) is 2.97. The van der Waals surface area contributed by atoms with E-state index in [0.29, 0.717) is 5.82 Å². The molecule has 5 aromatic carbocycles. The standard InChI is InChI=1S/C35H26N2O/c1-35(2)28-18-7-9-21-31(28)38-33-26(17-11-19-29(33)35)24-14-10-15-25(22-24)34-36-30-20-8-6-16-27(30)32(37-34)23-12-4-3-5-13-23/h3-22H,1-2H3. The van der Waals surface area contributed by atoms with Crippen molar-refractivity contribution in [3.05, 3.63) is 132 Å². The molecular weight excluding hydrogens is 464 g/mol. The third kappa shape index (κ3) is 3.59. The summed E-state index contributed by atoms with van der Waals surface area (Å²) in [6, 6.07) is 41.8. The van der Waals surface area contributed by atoms with E-state index in [1.807, 2.05) is 36.4 Å². The first-order valence-electron chi connectivity index (χ1n) is 12.9. The van der Waals surface area contributed by atoms with Crippen LogP contribution in [0.4, 0.5) is 0 Å². The summed E-state index contributed by atoms with van der Waals surface area (Å²) in [4.78, 5) is 10.0. The summed E-state index contributed by atoms with van der Waals surface area (Å²) in [7, 11) is 0. The summed E-state index contributed by atoms with van der Waals surface area (Å²) in [6.07, 6.45) is 0. The smallest absolute Gasteiger partial charge is 0.160 e. The monoisotopic (exact) mass is 490 g/mol. The molecule has 0 amide bonds. The van der Waals surface area contributed by atoms with Gasteiger partial charge in [0.15, 0.2) is 5.82 Å². The first-order chi connectivity index (χ1) is 18.6. The van der Waals surface area contributed by atoms with Crippen LogP contribution in [0, 0.1) is 0 Å². The fourth-order valence-corrected chi connectivity index (χ4v) is 5.54. The van der Waals surface area contributed by atoms with Crippen LogP contribution in [0.5, 0.6) is 11.5 Å². The van der Waals surface area contributed by atoms with Crippen molar-refractivity contribution in [3.8, 4) is 45.3 Å². The Kier molecular flexibility index (Phi) is 5.12. The Labute approximate surface area is 222 Å². The summed E-state index contributed by atoms with van der Waals surface area (Å²) in [5.74, 6) is 2.54. The molecule has 0 fully saturated rings. The molecule has 1 aliphatic heterocycles. The van der Waals surface area contributed by atoms with Crippen LogP contribution in [-0.4, -0.2) is 9.97 Å². The summed E-state index contributed by atoms with van der Waals surface area (Å²) in [5.41, 5.74) is 8.29. The second-order valence-corrected chi connectivity index (χ2v) is 10.3. The lowest BCUT2D eigenvalue weighted by atomic mass is 9.75. The number of aromatic nitrogens is 2. The van der Waals surface area contributed by atoms with Gasteiger partial charge in [-0.3, -0.25) is 0 Å². The Morgan fingerprint density at radius 2 is 1.26 bits per heavy atom. The highest BCUT2D eigenvalue weighted by atomic mass is 16.5. The van der Waals surface area contributed by atoms with Crippen molar-refractivity contribution >= 4 is 10.9 Å². The summed E-state index contributed by atoms with van der Waals surface area (Å²) >= 11 is 0. The van der Waals surface area contributed by atoms with E-state index in [4.69, 9.17) is 14.7 Å². The van der Waals surface area contributed by atoms with Crippen molar-refractivity contribution in [1.82, 2.24) is 9.97 Å². The number of hydrogen-bond donors (Lipinski definition) is 0. The molecule has 0 aliphatic carbocycles. The van der Waals surface area contributed by atoms with E-state index in [9.17, 15) is 0 Å². The molecule has 1 aromatic heterocycles. The van der Waals surface area contributed by atoms with Crippen LogP contribution in [0.1, 0.15) is 25.0 Å². The lowest BCUT2D eigenvalue weighted by molar-refractivity contribution is 0.419. The molecule has 0 saturated heterocycles. The molecule has 0 spiro atoms. The van der Waals surface area contributed by atoms with Crippen molar-refractivity contribution in [2.24, 2.45) is 0 Å². The second kappa shape index (κ2) is 8.67. The van der Waals surface area contributed by atoms with Crippen LogP contribution in [0.2, 0.25) is 0 Å². The molecule has 0 radical (unpaired) electrons. The maximum absolute atomic E-state index is 6.55. The number of fused-ring (bicyclic) bond motifs is 3. The van der Waals surface area contributed by atoms with E-state index in [2.05, 4.69) is 98.8 Å². The molecule has 0 atom stereocenters. The van der Waals surface area contributed by atoms with Crippen LogP contribution in [0.25, 0.3) is 44.7 Å². The summed E-state index contributed by atoms with van der Waals surface area (Å²) in [5, 5.41) is 1.05. The van der Waals surface area contributed by atoms with Gasteiger partial charge in [0, 0.05) is 38.6 Å². The van der Waals surface area contributed by atoms with Crippen molar-refractivity contribution in [2.75, 3.05) is 0 Å². The SMILES string of the molecule is CC1(C)c2ccccc2Oc2c(-c3cccc(-c4nc(-c5ccccc5)c5ccccc5n4)c3)cccc21. The molecule has 38 heavy (non-hydrogen) atoms. The zero-order chi connectivity index (χ0) is 25.7. The molecule has 2 heterocycles. The average molecular weight is 491 g/mol. The Morgan fingerprint density at radius 1 is 0.579 bits per heavy atom. The normalized spacial score (nSPS) is 13.4. The number of para-hydroxylation sites is 3. The van der Waals surface area contributed by atoms with Gasteiger partial charge < -0.3 is 4.74 Å². The van der Waals surface area contributed by atoms with Gasteiger partial charge >= 0.3 is 0 Å². The lowest BCUT2D eigenvalue weighted by Crippen LogP contribution is -2.24. The van der Waals surface area contributed by atoms with Gasteiger partial charge in [0.25, 0.3) is 0 Å². The quantitative estimate of drug-likeness (QED) is 0.248. The highest BCUT2D eigenvalue weighted by Gasteiger charge is 2.35. The predicted octanol–water partition coefficient (Wildman–Crippen LogP) is 9.06. The van der Waals surface area contributed by atoms with Crippen LogP contribution >= 0.6 is 0 Å². The van der Waals surface area contributed by atoms with E-state index < -0.39 is 0 Å². The Balaban J connectivity index is 1.38. The lowest BCUT2D eigenvalue weighted by Gasteiger charge is -2.35. The minimum Gasteiger partial charge on any atom is -0.456 e. The van der Waals surface area contributed by atoms with Gasteiger partial charge in [-0.2, -0.15) is 0 Å². The zero-order valence-electron chi connectivity index (χ0n) is 21.3. The van der Waals surface area contributed by atoms with Crippen LogP contribution in [0.15, 0.2) is 121 Å². The van der Waals surface area contributed by atoms with Crippen molar-refractivity contribution in [3.63, 3.8) is 0 Å². The van der Waals surface area contributed by atoms with Crippen LogP contribution in [0.3, 0.4) is 0 Å². The summed E-state index contributed by atoms with van der Waals surface area (Å²) in [6.45, 7) is 4.53. The molecule has 7 rings (SSSR count). The minimum atomic E-state index is -0.163. The van der Waals surface area contributed by atoms with Crippen molar-refractivity contribution in [1.29, 1.82) is 0 Å². The first-order valence-corrected chi connectivity index (χ1v) is 12.9. The minimum absolute atomic E-state index is 0.163. The number of nitrogens with zero attached hydrogens (tertiary/aromatic N) is 2. The van der Waals surface area contributed by atoms with Gasteiger partial charge in [-0.25, -0.2) is 9.97 Å². The third-order valence-electron chi connectivity index (χ3n) is 7.54. The van der Waals surface area contributed by atoms with Crippen molar-refractivity contribution in [2.45, 2.75) is 19.3 Å². The number of hydrogen-bond acceptors (Lipinski definition) is 3. The van der Waals surface area contributed by atoms with E-state index in [0.717, 1.165) is 50.3 Å². The Bertz CT molecular complexity index is 1820. The van der Waals surface area contributed by atoms with Crippen molar-refractivity contribution < 1.29 is 4.74 Å². The number of benzene rings is 5. The third-order valence-corrected chi connectivity index (χ3v) is 7.54. The largest absolute Gasteiger partial charge is 0.456 e. The molecule has 1 aliphatic rings. The van der Waals surface area contributed by atoms with Gasteiger partial charge in [-0.1, -0.05) is 117 Å². The van der Waals surface area contributed by atoms with Gasteiger partial charge in [-0.05, 0) is 23.8 Å². The van der Waals surface area contributed by atoms with E-state index in [1.54, 1.807) is 0 Å². The fraction of sp³-hybridized carbons (Fsp3) is 0.0857. The van der Waals surface area contributed by atoms with E-state index in [1.165, 1.54) is 11.1 Å². The molecular formula is C35H26N2O. The van der Waals surface area contributed by atoms with E-state index >= 15 is 0 Å². The second-order valence-electron chi connectivity index (χ2n) is 10.3. The molecule has 0 saturated carbocycles. The summed E-state index contributed by atoms with van der Waals surface area (Å²) < 4.78 is 6.55. The van der Waals surface area contributed by atoms with Gasteiger partial charge in [0.2, 0.25) is 0 Å². The highest BCUT2D eigenvalue weighted by Crippen LogP contribution is 2.51. The molecule has 3 heteroatoms. The molecule has 182 valence electrons. The number of rotatable bonds is 3. The maximum Gasteiger partial charge on any atom is 0.160 e. The predicted molar refractivity (Wildman–Crippen MR) is 154 cm³/mol. The maximum atomic E-state index is 6.55. The van der Waals surface area contributed by atoms with Gasteiger partial charge in [0.05, 0.1) is 11.2 Å². The molecule has 6 aromatic rings. The van der Waals surface area contributed by atoms with E-state index in [-0.39, 0.29) is 5.41 Å².